The predicted octanol–water partition coefficient (Wildman–Crippen LogP) is 3.62. The molecule has 1 atom stereocenters. The third kappa shape index (κ3) is 2.80. The summed E-state index contributed by atoms with van der Waals surface area (Å²) in [5.74, 6) is -0.515. The molecule has 0 unspecified atom stereocenters. The number of fused-ring (bicyclic) bond motifs is 5. The predicted molar refractivity (Wildman–Crippen MR) is 134 cm³/mol. The SMILES string of the molecule is Cn1c(=O)c2c(-c3ccccc3)n3c(c2n(C)c1=O)[C@@H](c1cccc(O)c1O)Nc1ccccc1-3. The van der Waals surface area contributed by atoms with Gasteiger partial charge in [0.05, 0.1) is 39.7 Å². The minimum absolute atomic E-state index is 0.251. The first kappa shape index (κ1) is 20.9. The summed E-state index contributed by atoms with van der Waals surface area (Å²) in [6.45, 7) is 0. The average Bonchev–Trinajstić information content (AvgIpc) is 3.24. The second-order valence-corrected chi connectivity index (χ2v) is 8.67. The zero-order chi connectivity index (χ0) is 24.4. The van der Waals surface area contributed by atoms with E-state index in [4.69, 9.17) is 0 Å². The van der Waals surface area contributed by atoms with Crippen LogP contribution < -0.4 is 16.6 Å². The molecule has 5 aromatic rings. The summed E-state index contributed by atoms with van der Waals surface area (Å²) in [6.07, 6.45) is 0. The lowest BCUT2D eigenvalue weighted by atomic mass is 9.98. The van der Waals surface area contributed by atoms with Gasteiger partial charge in [-0.2, -0.15) is 0 Å². The fourth-order valence-electron chi connectivity index (χ4n) is 5.10. The molecule has 35 heavy (non-hydrogen) atoms. The van der Waals surface area contributed by atoms with Gasteiger partial charge in [-0.1, -0.05) is 54.6 Å². The zero-order valence-corrected chi connectivity index (χ0v) is 19.1. The Kier molecular flexibility index (Phi) is 4.41. The van der Waals surface area contributed by atoms with E-state index in [0.29, 0.717) is 27.9 Å². The summed E-state index contributed by atoms with van der Waals surface area (Å²) in [7, 11) is 3.11. The molecule has 0 saturated heterocycles. The van der Waals surface area contributed by atoms with Gasteiger partial charge in [0.1, 0.15) is 0 Å². The minimum atomic E-state index is -0.658. The highest BCUT2D eigenvalue weighted by Crippen LogP contribution is 2.47. The highest BCUT2D eigenvalue weighted by Gasteiger charge is 2.35. The molecule has 174 valence electrons. The molecule has 3 aromatic carbocycles. The Hall–Kier alpha value is -4.72. The standard InChI is InChI=1S/C27H22N4O4/c1-29-23-20(26(34)30(2)27(29)35)22(15-9-4-3-5-10-15)31-18-13-7-6-12-17(18)28-21(24(23)31)16-11-8-14-19(32)25(16)33/h3-14,21,28,32-33H,1-2H3/t21-/m1/s1. The van der Waals surface area contributed by atoms with Crippen molar-refractivity contribution in [1.29, 1.82) is 0 Å². The Bertz CT molecular complexity index is 1760. The Balaban J connectivity index is 1.88. The van der Waals surface area contributed by atoms with Gasteiger partial charge >= 0.3 is 5.69 Å². The molecule has 1 aliphatic heterocycles. The topological polar surface area (TPSA) is 101 Å². The molecule has 0 saturated carbocycles. The number of aromatic nitrogens is 3. The van der Waals surface area contributed by atoms with Gasteiger partial charge in [-0.3, -0.25) is 13.9 Å². The lowest BCUT2D eigenvalue weighted by molar-refractivity contribution is 0.398. The maximum absolute atomic E-state index is 13.6. The summed E-state index contributed by atoms with van der Waals surface area (Å²) < 4.78 is 4.57. The van der Waals surface area contributed by atoms with E-state index in [1.165, 1.54) is 17.7 Å². The molecule has 0 radical (unpaired) electrons. The Morgan fingerprint density at radius 3 is 2.31 bits per heavy atom. The highest BCUT2D eigenvalue weighted by atomic mass is 16.3. The molecule has 0 amide bonds. The molecular formula is C27H22N4O4. The van der Waals surface area contributed by atoms with E-state index >= 15 is 0 Å². The first-order chi connectivity index (χ1) is 16.9. The van der Waals surface area contributed by atoms with Gasteiger partial charge in [0.25, 0.3) is 5.56 Å². The maximum atomic E-state index is 13.6. The van der Waals surface area contributed by atoms with Crippen LogP contribution in [0.15, 0.2) is 82.4 Å². The van der Waals surface area contributed by atoms with Crippen molar-refractivity contribution < 1.29 is 10.2 Å². The van der Waals surface area contributed by atoms with E-state index in [9.17, 15) is 19.8 Å². The van der Waals surface area contributed by atoms with E-state index in [1.807, 2.05) is 59.2 Å². The lowest BCUT2D eigenvalue weighted by Crippen LogP contribution is -2.37. The van der Waals surface area contributed by atoms with Crippen molar-refractivity contribution in [2.75, 3.05) is 5.32 Å². The number of nitrogens with one attached hydrogen (secondary N) is 1. The Morgan fingerprint density at radius 1 is 0.829 bits per heavy atom. The minimum Gasteiger partial charge on any atom is -0.504 e. The molecule has 0 spiro atoms. The van der Waals surface area contributed by atoms with E-state index in [2.05, 4.69) is 5.32 Å². The van der Waals surface area contributed by atoms with Gasteiger partial charge in [-0.05, 0) is 23.8 Å². The van der Waals surface area contributed by atoms with Crippen molar-refractivity contribution >= 4 is 16.6 Å². The Labute approximate surface area is 199 Å². The van der Waals surface area contributed by atoms with Crippen LogP contribution in [0, 0.1) is 0 Å². The number of anilines is 1. The van der Waals surface area contributed by atoms with Gasteiger partial charge in [0, 0.05) is 19.7 Å². The van der Waals surface area contributed by atoms with Gasteiger partial charge < -0.3 is 20.1 Å². The highest BCUT2D eigenvalue weighted by molar-refractivity contribution is 5.99. The summed E-state index contributed by atoms with van der Waals surface area (Å²) in [6, 6.07) is 21.4. The second-order valence-electron chi connectivity index (χ2n) is 8.67. The number of phenolic OH excluding ortho intramolecular Hbond substituents is 2. The van der Waals surface area contributed by atoms with Crippen LogP contribution in [0.3, 0.4) is 0 Å². The lowest BCUT2D eigenvalue weighted by Gasteiger charge is -2.31. The smallest absolute Gasteiger partial charge is 0.331 e. The summed E-state index contributed by atoms with van der Waals surface area (Å²) >= 11 is 0. The fourth-order valence-corrected chi connectivity index (χ4v) is 5.10. The van der Waals surface area contributed by atoms with Crippen molar-refractivity contribution in [3.63, 3.8) is 0 Å². The van der Waals surface area contributed by atoms with Crippen LogP contribution in [-0.2, 0) is 14.1 Å². The van der Waals surface area contributed by atoms with Crippen molar-refractivity contribution in [3.8, 4) is 28.4 Å². The van der Waals surface area contributed by atoms with Gasteiger partial charge in [0.15, 0.2) is 11.5 Å². The van der Waals surface area contributed by atoms with Crippen molar-refractivity contribution in [3.05, 3.63) is 105 Å². The molecular weight excluding hydrogens is 444 g/mol. The first-order valence-corrected chi connectivity index (χ1v) is 11.2. The van der Waals surface area contributed by atoms with Crippen LogP contribution in [-0.4, -0.2) is 23.9 Å². The van der Waals surface area contributed by atoms with Crippen LogP contribution >= 0.6 is 0 Å². The van der Waals surface area contributed by atoms with E-state index in [1.54, 1.807) is 19.2 Å². The zero-order valence-electron chi connectivity index (χ0n) is 19.1. The third-order valence-corrected chi connectivity index (χ3v) is 6.73. The summed E-state index contributed by atoms with van der Waals surface area (Å²) in [5, 5.41) is 24.9. The fraction of sp³-hybridized carbons (Fsp3) is 0.111. The largest absolute Gasteiger partial charge is 0.504 e. The van der Waals surface area contributed by atoms with Crippen LogP contribution in [0.5, 0.6) is 11.5 Å². The van der Waals surface area contributed by atoms with E-state index in [-0.39, 0.29) is 11.5 Å². The van der Waals surface area contributed by atoms with Crippen molar-refractivity contribution in [2.24, 2.45) is 14.1 Å². The van der Waals surface area contributed by atoms with Crippen LogP contribution in [0.4, 0.5) is 5.69 Å². The summed E-state index contributed by atoms with van der Waals surface area (Å²) in [5.41, 5.74) is 3.72. The van der Waals surface area contributed by atoms with Crippen LogP contribution in [0.25, 0.3) is 27.8 Å². The number of para-hydroxylation sites is 3. The average molecular weight is 466 g/mol. The Morgan fingerprint density at radius 2 is 1.54 bits per heavy atom. The van der Waals surface area contributed by atoms with Crippen molar-refractivity contribution in [2.45, 2.75) is 6.04 Å². The molecule has 2 aromatic heterocycles. The number of nitrogens with zero attached hydrogens (tertiary/aromatic N) is 3. The molecule has 0 aliphatic carbocycles. The second kappa shape index (κ2) is 7.39. The maximum Gasteiger partial charge on any atom is 0.331 e. The number of phenols is 2. The first-order valence-electron chi connectivity index (χ1n) is 11.2. The quantitative estimate of drug-likeness (QED) is 0.345. The molecule has 3 heterocycles. The summed E-state index contributed by atoms with van der Waals surface area (Å²) in [4.78, 5) is 26.7. The normalized spacial score (nSPS) is 14.4. The van der Waals surface area contributed by atoms with Gasteiger partial charge in [-0.15, -0.1) is 0 Å². The number of rotatable bonds is 2. The van der Waals surface area contributed by atoms with Crippen LogP contribution in [0.1, 0.15) is 17.3 Å². The molecule has 0 bridgehead atoms. The number of aryl methyl sites for hydroxylation is 1. The molecule has 8 nitrogen and oxygen atoms in total. The third-order valence-electron chi connectivity index (χ3n) is 6.73. The number of benzene rings is 3. The molecule has 3 N–H and O–H groups in total. The molecule has 6 rings (SSSR count). The monoisotopic (exact) mass is 466 g/mol. The van der Waals surface area contributed by atoms with Gasteiger partial charge in [0.2, 0.25) is 0 Å². The van der Waals surface area contributed by atoms with Crippen LogP contribution in [0.2, 0.25) is 0 Å². The number of hydrogen-bond acceptors (Lipinski definition) is 5. The van der Waals surface area contributed by atoms with E-state index in [0.717, 1.165) is 21.5 Å². The van der Waals surface area contributed by atoms with E-state index < -0.39 is 17.3 Å². The van der Waals surface area contributed by atoms with Crippen molar-refractivity contribution in [1.82, 2.24) is 13.7 Å². The molecule has 8 heteroatoms. The number of aromatic hydroxyl groups is 2. The number of hydrogen-bond donors (Lipinski definition) is 3. The molecule has 1 aliphatic rings. The molecule has 0 fully saturated rings. The van der Waals surface area contributed by atoms with Gasteiger partial charge in [-0.25, -0.2) is 4.79 Å².